The molecule has 1 aliphatic rings. The molecular formula is C12H21N5O2. The van der Waals surface area contributed by atoms with Gasteiger partial charge in [0.2, 0.25) is 5.75 Å². The number of ether oxygens (including phenoxy) is 1. The van der Waals surface area contributed by atoms with Gasteiger partial charge in [0, 0.05) is 19.2 Å². The van der Waals surface area contributed by atoms with Crippen LogP contribution in [0.25, 0.3) is 0 Å². The summed E-state index contributed by atoms with van der Waals surface area (Å²) in [6, 6.07) is 0.459. The van der Waals surface area contributed by atoms with Gasteiger partial charge in [-0.15, -0.1) is 0 Å². The molecule has 0 bridgehead atoms. The molecule has 1 saturated carbocycles. The van der Waals surface area contributed by atoms with Crippen LogP contribution in [0, 0.1) is 0 Å². The average Bonchev–Trinajstić information content (AvgIpc) is 2.40. The van der Waals surface area contributed by atoms with Crippen molar-refractivity contribution >= 4 is 11.6 Å². The number of nitrogen functional groups attached to an aromatic ring is 1. The first-order valence-electron chi connectivity index (χ1n) is 6.55. The number of hydrogen-bond donors (Lipinski definition) is 3. The Bertz CT molecular complexity index is 411. The monoisotopic (exact) mass is 267 g/mol. The Kier molecular flexibility index (Phi) is 4.75. The van der Waals surface area contributed by atoms with E-state index in [1.807, 2.05) is 0 Å². The summed E-state index contributed by atoms with van der Waals surface area (Å²) in [4.78, 5) is 10.6. The maximum atomic E-state index is 9.04. The largest absolute Gasteiger partial charge is 0.490 e. The molecule has 0 saturated heterocycles. The van der Waals surface area contributed by atoms with Gasteiger partial charge in [0.25, 0.3) is 0 Å². The summed E-state index contributed by atoms with van der Waals surface area (Å²) in [7, 11) is 1.58. The Balaban J connectivity index is 2.28. The number of nitrogens with two attached hydrogens (primary N) is 1. The van der Waals surface area contributed by atoms with Crippen LogP contribution in [0.4, 0.5) is 11.6 Å². The molecule has 19 heavy (non-hydrogen) atoms. The first-order chi connectivity index (χ1) is 9.31. The van der Waals surface area contributed by atoms with Crippen molar-refractivity contribution in [3.63, 3.8) is 0 Å². The molecule has 0 radical (unpaired) electrons. The lowest BCUT2D eigenvalue weighted by atomic mass is 9.91. The van der Waals surface area contributed by atoms with E-state index in [9.17, 15) is 0 Å². The number of nitrogens with one attached hydrogen (secondary N) is 1. The van der Waals surface area contributed by atoms with Crippen molar-refractivity contribution in [3.8, 4) is 5.75 Å². The number of aliphatic hydroxyl groups excluding tert-OH is 1. The number of hydrogen-bond acceptors (Lipinski definition) is 7. The molecule has 7 nitrogen and oxygen atoms in total. The third kappa shape index (κ3) is 2.87. The summed E-state index contributed by atoms with van der Waals surface area (Å²) in [6.07, 6.45) is 5.69. The van der Waals surface area contributed by atoms with Crippen molar-refractivity contribution in [3.05, 3.63) is 6.33 Å². The van der Waals surface area contributed by atoms with Crippen LogP contribution in [0.1, 0.15) is 25.7 Å². The molecule has 0 spiro atoms. The molecular weight excluding hydrogens is 246 g/mol. The zero-order valence-corrected chi connectivity index (χ0v) is 11.2. The SMILES string of the molecule is COc1c(NN)ncnc1N(CCCO)C1CCC1. The van der Waals surface area contributed by atoms with Crippen LogP contribution >= 0.6 is 0 Å². The Hall–Kier alpha value is -1.60. The van der Waals surface area contributed by atoms with Crippen molar-refractivity contribution in [2.45, 2.75) is 31.7 Å². The van der Waals surface area contributed by atoms with Gasteiger partial charge in [-0.1, -0.05) is 0 Å². The molecule has 0 unspecified atom stereocenters. The number of aliphatic hydroxyl groups is 1. The number of rotatable bonds is 7. The third-order valence-electron chi connectivity index (χ3n) is 3.47. The zero-order chi connectivity index (χ0) is 13.7. The Morgan fingerprint density at radius 1 is 1.53 bits per heavy atom. The van der Waals surface area contributed by atoms with Crippen LogP contribution < -0.4 is 20.9 Å². The normalized spacial score (nSPS) is 14.9. The molecule has 7 heteroatoms. The molecule has 1 aliphatic carbocycles. The van der Waals surface area contributed by atoms with Crippen LogP contribution in [-0.2, 0) is 0 Å². The number of hydrazine groups is 1. The zero-order valence-electron chi connectivity index (χ0n) is 11.2. The second-order valence-corrected chi connectivity index (χ2v) is 4.58. The maximum absolute atomic E-state index is 9.04. The van der Waals surface area contributed by atoms with Crippen LogP contribution in [0.15, 0.2) is 6.33 Å². The van der Waals surface area contributed by atoms with Gasteiger partial charge in [-0.25, -0.2) is 15.8 Å². The highest BCUT2D eigenvalue weighted by atomic mass is 16.5. The first-order valence-corrected chi connectivity index (χ1v) is 6.55. The Morgan fingerprint density at radius 2 is 2.32 bits per heavy atom. The van der Waals surface area contributed by atoms with E-state index in [1.165, 1.54) is 12.7 Å². The fraction of sp³-hybridized carbons (Fsp3) is 0.667. The Morgan fingerprint density at radius 3 is 2.84 bits per heavy atom. The first kappa shape index (κ1) is 13.8. The number of methoxy groups -OCH3 is 1. The lowest BCUT2D eigenvalue weighted by molar-refractivity contribution is 0.282. The van der Waals surface area contributed by atoms with Gasteiger partial charge in [-0.2, -0.15) is 0 Å². The maximum Gasteiger partial charge on any atom is 0.205 e. The molecule has 0 amide bonds. The van der Waals surface area contributed by atoms with Gasteiger partial charge in [-0.05, 0) is 25.7 Å². The van der Waals surface area contributed by atoms with Crippen molar-refractivity contribution in [2.24, 2.45) is 5.84 Å². The predicted octanol–water partition coefficient (Wildman–Crippen LogP) is 0.512. The molecule has 106 valence electrons. The summed E-state index contributed by atoms with van der Waals surface area (Å²) < 4.78 is 5.38. The summed E-state index contributed by atoms with van der Waals surface area (Å²) in [5, 5.41) is 9.04. The molecule has 2 rings (SSSR count). The minimum atomic E-state index is 0.165. The summed E-state index contributed by atoms with van der Waals surface area (Å²) in [5.41, 5.74) is 2.52. The summed E-state index contributed by atoms with van der Waals surface area (Å²) in [5.74, 6) is 7.20. The van der Waals surface area contributed by atoms with Crippen molar-refractivity contribution in [1.82, 2.24) is 9.97 Å². The molecule has 1 aromatic rings. The minimum Gasteiger partial charge on any atom is -0.490 e. The lowest BCUT2D eigenvalue weighted by Crippen LogP contribution is -2.42. The quantitative estimate of drug-likeness (QED) is 0.489. The number of nitrogens with zero attached hydrogens (tertiary/aromatic N) is 3. The lowest BCUT2D eigenvalue weighted by Gasteiger charge is -2.39. The highest BCUT2D eigenvalue weighted by molar-refractivity contribution is 5.64. The smallest absolute Gasteiger partial charge is 0.205 e. The minimum absolute atomic E-state index is 0.165. The highest BCUT2D eigenvalue weighted by Gasteiger charge is 2.28. The molecule has 4 N–H and O–H groups in total. The molecule has 1 fully saturated rings. The average molecular weight is 267 g/mol. The van der Waals surface area contributed by atoms with Gasteiger partial charge in [0.1, 0.15) is 6.33 Å². The van der Waals surface area contributed by atoms with Crippen molar-refractivity contribution in [2.75, 3.05) is 30.6 Å². The van der Waals surface area contributed by atoms with Gasteiger partial charge >= 0.3 is 0 Å². The van der Waals surface area contributed by atoms with E-state index < -0.39 is 0 Å². The van der Waals surface area contributed by atoms with E-state index in [0.29, 0.717) is 24.0 Å². The van der Waals surface area contributed by atoms with Crippen molar-refractivity contribution in [1.29, 1.82) is 0 Å². The summed E-state index contributed by atoms with van der Waals surface area (Å²) >= 11 is 0. The fourth-order valence-corrected chi connectivity index (χ4v) is 2.26. The molecule has 1 aromatic heterocycles. The molecule has 0 aromatic carbocycles. The van der Waals surface area contributed by atoms with E-state index in [4.69, 9.17) is 15.7 Å². The standard InChI is InChI=1S/C12H21N5O2/c1-19-10-11(16-13)14-8-15-12(10)17(6-3-7-18)9-4-2-5-9/h8-9,18H,2-7,13H2,1H3,(H,14,15,16). The second kappa shape index (κ2) is 6.53. The topological polar surface area (TPSA) is 96.5 Å². The van der Waals surface area contributed by atoms with Gasteiger partial charge in [0.15, 0.2) is 11.6 Å². The van der Waals surface area contributed by atoms with Crippen LogP contribution in [-0.4, -0.2) is 41.4 Å². The van der Waals surface area contributed by atoms with Crippen LogP contribution in [0.5, 0.6) is 5.75 Å². The van der Waals surface area contributed by atoms with E-state index in [2.05, 4.69) is 20.3 Å². The van der Waals surface area contributed by atoms with Gasteiger partial charge in [0.05, 0.1) is 7.11 Å². The summed E-state index contributed by atoms with van der Waals surface area (Å²) in [6.45, 7) is 0.914. The molecule has 1 heterocycles. The molecule has 0 atom stereocenters. The van der Waals surface area contributed by atoms with E-state index >= 15 is 0 Å². The van der Waals surface area contributed by atoms with Crippen LogP contribution in [0.3, 0.4) is 0 Å². The Labute approximate surface area is 112 Å². The van der Waals surface area contributed by atoms with E-state index in [-0.39, 0.29) is 6.61 Å². The van der Waals surface area contributed by atoms with Crippen LogP contribution in [0.2, 0.25) is 0 Å². The van der Waals surface area contributed by atoms with Crippen molar-refractivity contribution < 1.29 is 9.84 Å². The predicted molar refractivity (Wildman–Crippen MR) is 73.1 cm³/mol. The third-order valence-corrected chi connectivity index (χ3v) is 3.47. The van der Waals surface area contributed by atoms with E-state index in [1.54, 1.807) is 7.11 Å². The van der Waals surface area contributed by atoms with Gasteiger partial charge < -0.3 is 20.2 Å². The second-order valence-electron chi connectivity index (χ2n) is 4.58. The highest BCUT2D eigenvalue weighted by Crippen LogP contribution is 2.36. The number of anilines is 2. The molecule has 0 aliphatic heterocycles. The van der Waals surface area contributed by atoms with Gasteiger partial charge in [-0.3, -0.25) is 0 Å². The van der Waals surface area contributed by atoms with E-state index in [0.717, 1.165) is 25.2 Å². The fourth-order valence-electron chi connectivity index (χ4n) is 2.26. The number of aromatic nitrogens is 2.